The molecule has 4 aliphatic rings. The van der Waals surface area contributed by atoms with Crippen molar-refractivity contribution in [1.29, 1.82) is 0 Å². The Balaban J connectivity index is 1.65. The van der Waals surface area contributed by atoms with E-state index in [1.165, 1.54) is 0 Å². The molecule has 5 rings (SSSR count). The number of ether oxygens (including phenoxy) is 1. The number of aliphatic hydroxyl groups is 1. The summed E-state index contributed by atoms with van der Waals surface area (Å²) in [5.74, 6) is -2.00. The lowest BCUT2D eigenvalue weighted by atomic mass is 9.73. The Morgan fingerprint density at radius 1 is 0.947 bits per heavy atom. The highest BCUT2D eigenvalue weighted by molar-refractivity contribution is 6.06. The Labute approximate surface area is 224 Å². The van der Waals surface area contributed by atoms with Crippen molar-refractivity contribution in [1.82, 2.24) is 9.80 Å². The average molecular weight is 522 g/mol. The molecule has 1 unspecified atom stereocenters. The van der Waals surface area contributed by atoms with E-state index in [1.54, 1.807) is 21.7 Å². The van der Waals surface area contributed by atoms with Gasteiger partial charge in [0.15, 0.2) is 0 Å². The summed E-state index contributed by atoms with van der Waals surface area (Å²) in [6, 6.07) is 5.08. The van der Waals surface area contributed by atoms with Gasteiger partial charge in [-0.25, -0.2) is 0 Å². The molecule has 1 aromatic rings. The molecule has 0 aliphatic carbocycles. The molecule has 8 nitrogen and oxygen atoms in total. The normalized spacial score (nSPS) is 32.4. The van der Waals surface area contributed by atoms with Crippen molar-refractivity contribution in [2.45, 2.75) is 63.7 Å². The highest BCUT2D eigenvalue weighted by Gasteiger charge is 2.75. The molecule has 0 bridgehead atoms. The predicted molar refractivity (Wildman–Crippen MR) is 144 cm³/mol. The van der Waals surface area contributed by atoms with Gasteiger partial charge in [-0.3, -0.25) is 14.4 Å². The van der Waals surface area contributed by atoms with Crippen molar-refractivity contribution in [3.8, 4) is 0 Å². The van der Waals surface area contributed by atoms with E-state index in [0.717, 1.165) is 23.2 Å². The minimum atomic E-state index is -1.24. The number of unbranched alkanes of at least 4 members (excludes halogenated alkanes) is 2. The van der Waals surface area contributed by atoms with Gasteiger partial charge in [-0.15, -0.1) is 0 Å². The molecule has 1 spiro atoms. The van der Waals surface area contributed by atoms with Crippen molar-refractivity contribution in [2.24, 2.45) is 11.8 Å². The zero-order valence-corrected chi connectivity index (χ0v) is 22.9. The van der Waals surface area contributed by atoms with E-state index in [0.29, 0.717) is 38.9 Å². The Hall–Kier alpha value is -2.97. The molecule has 8 heteroatoms. The number of carbonyl (C=O) groups is 3. The average Bonchev–Trinajstić information content (AvgIpc) is 3.19. The SMILES string of the molecule is CC[C@]12C=CCN(C)C(=O)[C@H]1[C@H]1C(=O)N(CCCCCO)C3C(=O)N(c4c(C)cccc4C)CC=C[C@@]31O2. The van der Waals surface area contributed by atoms with E-state index in [-0.39, 0.29) is 24.3 Å². The van der Waals surface area contributed by atoms with Crippen molar-refractivity contribution >= 4 is 23.4 Å². The minimum Gasteiger partial charge on any atom is -0.396 e. The summed E-state index contributed by atoms with van der Waals surface area (Å²) >= 11 is 0. The fourth-order valence-corrected chi connectivity index (χ4v) is 7.12. The fourth-order valence-electron chi connectivity index (χ4n) is 7.12. The van der Waals surface area contributed by atoms with Gasteiger partial charge in [-0.1, -0.05) is 49.4 Å². The summed E-state index contributed by atoms with van der Waals surface area (Å²) in [5.41, 5.74) is 0.626. The van der Waals surface area contributed by atoms with Gasteiger partial charge in [0.2, 0.25) is 11.8 Å². The Bertz CT molecular complexity index is 1170. The zero-order chi connectivity index (χ0) is 27.2. The van der Waals surface area contributed by atoms with E-state index in [4.69, 9.17) is 4.74 Å². The maximum absolute atomic E-state index is 14.6. The highest BCUT2D eigenvalue weighted by atomic mass is 16.5. The van der Waals surface area contributed by atoms with Crippen LogP contribution in [0.1, 0.15) is 43.7 Å². The van der Waals surface area contributed by atoms with Gasteiger partial charge in [0, 0.05) is 39.0 Å². The van der Waals surface area contributed by atoms with Gasteiger partial charge < -0.3 is 24.5 Å². The smallest absolute Gasteiger partial charge is 0.253 e. The summed E-state index contributed by atoms with van der Waals surface area (Å²) < 4.78 is 6.97. The zero-order valence-electron chi connectivity index (χ0n) is 22.9. The molecule has 4 heterocycles. The first-order valence-corrected chi connectivity index (χ1v) is 13.8. The summed E-state index contributed by atoms with van der Waals surface area (Å²) in [6.07, 6.45) is 10.3. The number of likely N-dealkylation sites (N-methyl/N-ethyl adjacent to an activating group) is 1. The van der Waals surface area contributed by atoms with E-state index >= 15 is 0 Å². The molecule has 0 radical (unpaired) electrons. The molecule has 4 aliphatic heterocycles. The topological polar surface area (TPSA) is 90.4 Å². The van der Waals surface area contributed by atoms with Crippen LogP contribution in [0.15, 0.2) is 42.5 Å². The number of hydrogen-bond donors (Lipinski definition) is 1. The van der Waals surface area contributed by atoms with Crippen molar-refractivity contribution in [3.05, 3.63) is 53.6 Å². The first-order chi connectivity index (χ1) is 18.2. The Morgan fingerprint density at radius 3 is 2.34 bits per heavy atom. The molecule has 38 heavy (non-hydrogen) atoms. The van der Waals surface area contributed by atoms with E-state index in [2.05, 4.69) is 0 Å². The van der Waals surface area contributed by atoms with E-state index in [1.807, 2.05) is 63.3 Å². The lowest BCUT2D eigenvalue weighted by Crippen LogP contribution is -2.56. The van der Waals surface area contributed by atoms with Gasteiger partial charge in [-0.2, -0.15) is 0 Å². The third kappa shape index (κ3) is 3.83. The largest absolute Gasteiger partial charge is 0.396 e. The number of aliphatic hydroxyl groups excluding tert-OH is 1. The van der Waals surface area contributed by atoms with E-state index < -0.39 is 29.1 Å². The Morgan fingerprint density at radius 2 is 1.66 bits per heavy atom. The first-order valence-electron chi connectivity index (χ1n) is 13.8. The highest BCUT2D eigenvalue weighted by Crippen LogP contribution is 2.58. The Kier molecular flexibility index (Phi) is 6.99. The summed E-state index contributed by atoms with van der Waals surface area (Å²) in [7, 11) is 1.75. The number of anilines is 1. The third-order valence-electron chi connectivity index (χ3n) is 8.91. The predicted octanol–water partition coefficient (Wildman–Crippen LogP) is 2.76. The number of benzene rings is 1. The van der Waals surface area contributed by atoms with Crippen LogP contribution in [0.3, 0.4) is 0 Å². The van der Waals surface area contributed by atoms with Crippen LogP contribution in [0.2, 0.25) is 0 Å². The third-order valence-corrected chi connectivity index (χ3v) is 8.91. The molecule has 3 amide bonds. The monoisotopic (exact) mass is 521 g/mol. The van der Waals surface area contributed by atoms with Gasteiger partial charge in [0.1, 0.15) is 11.6 Å². The molecule has 1 N–H and O–H groups in total. The lowest BCUT2D eigenvalue weighted by Gasteiger charge is -2.38. The second-order valence-electron chi connectivity index (χ2n) is 11.2. The van der Waals surface area contributed by atoms with Crippen LogP contribution in [0, 0.1) is 25.7 Å². The molecule has 1 aromatic carbocycles. The van der Waals surface area contributed by atoms with Gasteiger partial charge in [0.05, 0.1) is 17.4 Å². The van der Waals surface area contributed by atoms with Crippen LogP contribution in [-0.2, 0) is 19.1 Å². The number of aryl methyl sites for hydroxylation is 2. The van der Waals surface area contributed by atoms with Gasteiger partial charge in [0.25, 0.3) is 5.91 Å². The number of para-hydroxylation sites is 1. The molecule has 2 saturated heterocycles. The number of hydrogen-bond acceptors (Lipinski definition) is 5. The number of amides is 3. The van der Waals surface area contributed by atoms with Crippen molar-refractivity contribution in [2.75, 3.05) is 38.2 Å². The first kappa shape index (κ1) is 26.6. The van der Waals surface area contributed by atoms with Crippen LogP contribution >= 0.6 is 0 Å². The number of fused-ring (bicyclic) bond motifs is 2. The molecule has 204 valence electrons. The van der Waals surface area contributed by atoms with Crippen LogP contribution < -0.4 is 4.90 Å². The quantitative estimate of drug-likeness (QED) is 0.440. The molecule has 0 aromatic heterocycles. The van der Waals surface area contributed by atoms with Crippen LogP contribution in [-0.4, -0.2) is 83.2 Å². The second kappa shape index (κ2) is 9.97. The van der Waals surface area contributed by atoms with Crippen molar-refractivity contribution < 1.29 is 24.2 Å². The molecule has 2 fully saturated rings. The molecular formula is C30H39N3O5. The van der Waals surface area contributed by atoms with Gasteiger partial charge >= 0.3 is 0 Å². The van der Waals surface area contributed by atoms with E-state index in [9.17, 15) is 19.5 Å². The lowest BCUT2D eigenvalue weighted by molar-refractivity contribution is -0.149. The molecular weight excluding hydrogens is 482 g/mol. The second-order valence-corrected chi connectivity index (χ2v) is 11.2. The number of carbonyl (C=O) groups excluding carboxylic acids is 3. The van der Waals surface area contributed by atoms with Crippen LogP contribution in [0.4, 0.5) is 5.69 Å². The standard InChI is InChI=1S/C30H39N3O5/c1-5-29-14-10-16-31(4)26(35)22(29)23-27(36)33(17-7-6-8-19-34)25-28(37)32(18-11-15-30(23,25)38-29)24-20(2)12-9-13-21(24)3/h9-15,22-23,25,34H,5-8,16-19H2,1-4H3/t22-,23+,25?,29+,30+/m1/s1. The summed E-state index contributed by atoms with van der Waals surface area (Å²) in [5, 5.41) is 9.27. The minimum absolute atomic E-state index is 0.0866. The number of likely N-dealkylation sites (tertiary alicyclic amines) is 1. The number of nitrogens with zero attached hydrogens (tertiary/aromatic N) is 3. The van der Waals surface area contributed by atoms with Gasteiger partial charge in [-0.05, 0) is 50.7 Å². The summed E-state index contributed by atoms with van der Waals surface area (Å²) in [4.78, 5) is 47.8. The molecule has 0 saturated carbocycles. The van der Waals surface area contributed by atoms with Crippen LogP contribution in [0.25, 0.3) is 0 Å². The fraction of sp³-hybridized carbons (Fsp3) is 0.567. The summed E-state index contributed by atoms with van der Waals surface area (Å²) in [6.45, 7) is 7.23. The van der Waals surface area contributed by atoms with Crippen molar-refractivity contribution in [3.63, 3.8) is 0 Å². The maximum atomic E-state index is 14.6. The number of rotatable bonds is 7. The maximum Gasteiger partial charge on any atom is 0.253 e. The molecule has 5 atom stereocenters. The van der Waals surface area contributed by atoms with Crippen LogP contribution in [0.5, 0.6) is 0 Å².